The highest BCUT2D eigenvalue weighted by molar-refractivity contribution is 8.14. The molecule has 2 amide bonds. The summed E-state index contributed by atoms with van der Waals surface area (Å²) in [6.45, 7) is 2.66. The lowest BCUT2D eigenvalue weighted by Crippen LogP contribution is -2.57. The van der Waals surface area contributed by atoms with Crippen molar-refractivity contribution in [3.63, 3.8) is 0 Å². The Bertz CT molecular complexity index is 412. The van der Waals surface area contributed by atoms with Crippen molar-refractivity contribution in [1.29, 1.82) is 0 Å². The van der Waals surface area contributed by atoms with Crippen molar-refractivity contribution in [3.05, 3.63) is 0 Å². The Balaban J connectivity index is 1.72. The first-order valence-electron chi connectivity index (χ1n) is 6.69. The van der Waals surface area contributed by atoms with Crippen LogP contribution in [0.2, 0.25) is 0 Å². The summed E-state index contributed by atoms with van der Waals surface area (Å²) in [6.07, 6.45) is 1.53. The van der Waals surface area contributed by atoms with Crippen LogP contribution in [-0.2, 0) is 9.59 Å². The van der Waals surface area contributed by atoms with E-state index in [1.165, 1.54) is 0 Å². The summed E-state index contributed by atoms with van der Waals surface area (Å²) in [4.78, 5) is 35.5. The fourth-order valence-electron chi connectivity index (χ4n) is 2.50. The Kier molecular flexibility index (Phi) is 4.87. The normalized spacial score (nSPS) is 28.9. The van der Waals surface area contributed by atoms with Gasteiger partial charge in [-0.15, -0.1) is 0 Å². The van der Waals surface area contributed by atoms with Crippen LogP contribution < -0.4 is 10.6 Å². The van der Waals surface area contributed by atoms with Crippen LogP contribution in [0.25, 0.3) is 0 Å². The second-order valence-corrected chi connectivity index (χ2v) is 6.08. The summed E-state index contributed by atoms with van der Waals surface area (Å²) in [5.74, 6) is -0.501. The molecule has 0 aromatic rings. The molecule has 1 atom stereocenters. The highest BCUT2D eigenvalue weighted by Crippen LogP contribution is 2.26. The zero-order chi connectivity index (χ0) is 14.7. The number of carbonyl (C=O) groups excluding carboxylic acids is 2. The van der Waals surface area contributed by atoms with Gasteiger partial charge in [-0.25, -0.2) is 0 Å². The number of carboxylic acid groups (broad SMARTS) is 1. The third kappa shape index (κ3) is 3.63. The third-order valence-electron chi connectivity index (χ3n) is 3.71. The fraction of sp³-hybridized carbons (Fsp3) is 0.750. The first kappa shape index (κ1) is 15.1. The van der Waals surface area contributed by atoms with E-state index in [-0.39, 0.29) is 29.8 Å². The molecule has 0 radical (unpaired) electrons. The standard InChI is InChI=1S/C12H19N3O4S/c1-2-15(5-10(16)17)8-3-7(4-8)13-11(18)9-6-20-12(19)14-9/h7-9H,2-6H2,1H3,(H,13,18)(H,14,19)(H,16,17)/t7?,8?,9-/m0/s1. The molecular weight excluding hydrogens is 282 g/mol. The number of nitrogens with one attached hydrogen (secondary N) is 2. The van der Waals surface area contributed by atoms with E-state index in [0.717, 1.165) is 24.6 Å². The highest BCUT2D eigenvalue weighted by atomic mass is 32.2. The zero-order valence-electron chi connectivity index (χ0n) is 11.3. The summed E-state index contributed by atoms with van der Waals surface area (Å²) in [6, 6.07) is -0.139. The van der Waals surface area contributed by atoms with Crippen molar-refractivity contribution in [3.8, 4) is 0 Å². The Labute approximate surface area is 121 Å². The molecule has 0 unspecified atom stereocenters. The summed E-state index contributed by atoms with van der Waals surface area (Å²) in [5.41, 5.74) is 0. The number of hydrogen-bond donors (Lipinski definition) is 3. The number of amides is 2. The minimum atomic E-state index is -0.829. The predicted molar refractivity (Wildman–Crippen MR) is 74.6 cm³/mol. The average molecular weight is 301 g/mol. The van der Waals surface area contributed by atoms with Gasteiger partial charge in [0.1, 0.15) is 6.04 Å². The van der Waals surface area contributed by atoms with Crippen molar-refractivity contribution in [2.45, 2.75) is 37.9 Å². The number of carbonyl (C=O) groups is 3. The minimum Gasteiger partial charge on any atom is -0.480 e. The van der Waals surface area contributed by atoms with Crippen LogP contribution in [-0.4, -0.2) is 64.1 Å². The van der Waals surface area contributed by atoms with Gasteiger partial charge in [-0.3, -0.25) is 19.3 Å². The second kappa shape index (κ2) is 6.45. The lowest BCUT2D eigenvalue weighted by molar-refractivity contribution is -0.139. The maximum Gasteiger partial charge on any atom is 0.317 e. The molecule has 1 heterocycles. The van der Waals surface area contributed by atoms with Gasteiger partial charge in [-0.2, -0.15) is 0 Å². The molecule has 0 bridgehead atoms. The van der Waals surface area contributed by atoms with Gasteiger partial charge in [0.05, 0.1) is 6.54 Å². The van der Waals surface area contributed by atoms with E-state index in [1.807, 2.05) is 11.8 Å². The highest BCUT2D eigenvalue weighted by Gasteiger charge is 2.37. The largest absolute Gasteiger partial charge is 0.480 e. The smallest absolute Gasteiger partial charge is 0.317 e. The van der Waals surface area contributed by atoms with Crippen molar-refractivity contribution < 1.29 is 19.5 Å². The monoisotopic (exact) mass is 301 g/mol. The number of nitrogens with zero attached hydrogens (tertiary/aromatic N) is 1. The summed E-state index contributed by atoms with van der Waals surface area (Å²) in [7, 11) is 0. The first-order chi connectivity index (χ1) is 9.49. The molecule has 8 heteroatoms. The van der Waals surface area contributed by atoms with Crippen LogP contribution in [0.5, 0.6) is 0 Å². The maximum atomic E-state index is 11.9. The molecule has 2 aliphatic rings. The number of rotatable bonds is 6. The molecular formula is C12H19N3O4S. The van der Waals surface area contributed by atoms with E-state index >= 15 is 0 Å². The lowest BCUT2D eigenvalue weighted by Gasteiger charge is -2.42. The van der Waals surface area contributed by atoms with Crippen LogP contribution in [0, 0.1) is 0 Å². The van der Waals surface area contributed by atoms with Gasteiger partial charge in [0.25, 0.3) is 5.24 Å². The molecule has 1 aliphatic heterocycles. The van der Waals surface area contributed by atoms with E-state index < -0.39 is 12.0 Å². The van der Waals surface area contributed by atoms with Gasteiger partial charge in [-0.1, -0.05) is 18.7 Å². The summed E-state index contributed by atoms with van der Waals surface area (Å²) in [5, 5.41) is 14.2. The lowest BCUT2D eigenvalue weighted by atomic mass is 9.85. The van der Waals surface area contributed by atoms with Gasteiger partial charge in [0.15, 0.2) is 0 Å². The average Bonchev–Trinajstić information content (AvgIpc) is 2.77. The van der Waals surface area contributed by atoms with Crippen molar-refractivity contribution in [2.75, 3.05) is 18.8 Å². The van der Waals surface area contributed by atoms with Gasteiger partial charge in [0.2, 0.25) is 5.91 Å². The Morgan fingerprint density at radius 1 is 1.50 bits per heavy atom. The van der Waals surface area contributed by atoms with Gasteiger partial charge in [-0.05, 0) is 19.4 Å². The number of hydrogen-bond acceptors (Lipinski definition) is 5. The molecule has 20 heavy (non-hydrogen) atoms. The van der Waals surface area contributed by atoms with E-state index in [2.05, 4.69) is 10.6 Å². The molecule has 0 spiro atoms. The number of carboxylic acids is 1. The zero-order valence-corrected chi connectivity index (χ0v) is 12.1. The number of aliphatic carboxylic acids is 1. The molecule has 112 valence electrons. The fourth-order valence-corrected chi connectivity index (χ4v) is 3.28. The molecule has 2 fully saturated rings. The Hall–Kier alpha value is -1.28. The van der Waals surface area contributed by atoms with Crippen LogP contribution in [0.15, 0.2) is 0 Å². The number of thioether (sulfide) groups is 1. The summed E-state index contributed by atoms with van der Waals surface area (Å²) < 4.78 is 0. The van der Waals surface area contributed by atoms with Gasteiger partial charge >= 0.3 is 5.97 Å². The van der Waals surface area contributed by atoms with Crippen LogP contribution in [0.1, 0.15) is 19.8 Å². The predicted octanol–water partition coefficient (Wildman–Crippen LogP) is -0.135. The number of likely N-dealkylation sites (N-methyl/N-ethyl adjacent to an activating group) is 1. The Morgan fingerprint density at radius 2 is 2.20 bits per heavy atom. The Morgan fingerprint density at radius 3 is 2.70 bits per heavy atom. The molecule has 0 aromatic carbocycles. The molecule has 1 saturated heterocycles. The molecule has 1 aliphatic carbocycles. The van der Waals surface area contributed by atoms with E-state index in [4.69, 9.17) is 5.11 Å². The first-order valence-corrected chi connectivity index (χ1v) is 7.67. The molecule has 2 rings (SSSR count). The van der Waals surface area contributed by atoms with Gasteiger partial charge < -0.3 is 15.7 Å². The van der Waals surface area contributed by atoms with Crippen molar-refractivity contribution in [1.82, 2.24) is 15.5 Å². The van der Waals surface area contributed by atoms with E-state index in [9.17, 15) is 14.4 Å². The SMILES string of the molecule is CCN(CC(=O)O)C1CC(NC(=O)[C@@H]2CSC(=O)N2)C1. The molecule has 0 aromatic heterocycles. The minimum absolute atomic E-state index is 0.0388. The van der Waals surface area contributed by atoms with Crippen molar-refractivity contribution in [2.24, 2.45) is 0 Å². The quantitative estimate of drug-likeness (QED) is 0.632. The van der Waals surface area contributed by atoms with Crippen LogP contribution in [0.4, 0.5) is 4.79 Å². The van der Waals surface area contributed by atoms with Crippen molar-refractivity contribution >= 4 is 28.9 Å². The molecule has 7 nitrogen and oxygen atoms in total. The second-order valence-electron chi connectivity index (χ2n) is 5.08. The third-order valence-corrected chi connectivity index (χ3v) is 4.59. The van der Waals surface area contributed by atoms with E-state index in [1.54, 1.807) is 0 Å². The summed E-state index contributed by atoms with van der Waals surface area (Å²) >= 11 is 1.12. The van der Waals surface area contributed by atoms with Crippen LogP contribution >= 0.6 is 11.8 Å². The molecule has 1 saturated carbocycles. The topological polar surface area (TPSA) is 98.7 Å². The van der Waals surface area contributed by atoms with Gasteiger partial charge in [0, 0.05) is 17.8 Å². The molecule has 3 N–H and O–H groups in total. The van der Waals surface area contributed by atoms with Crippen LogP contribution in [0.3, 0.4) is 0 Å². The van der Waals surface area contributed by atoms with E-state index in [0.29, 0.717) is 12.3 Å². The maximum absolute atomic E-state index is 11.9.